The highest BCUT2D eigenvalue weighted by molar-refractivity contribution is 6.44. The summed E-state index contributed by atoms with van der Waals surface area (Å²) in [4.78, 5) is 12.2. The van der Waals surface area contributed by atoms with Crippen molar-refractivity contribution in [1.82, 2.24) is 0 Å². The Labute approximate surface area is 209 Å². The minimum Gasteiger partial charge on any atom is -0.495 e. The molecule has 0 aliphatic heterocycles. The molecule has 0 aromatic heterocycles. The van der Waals surface area contributed by atoms with E-state index in [1.165, 1.54) is 0 Å². The quantitative estimate of drug-likeness (QED) is 0.259. The minimum atomic E-state index is -4.93. The van der Waals surface area contributed by atoms with E-state index in [4.69, 9.17) is 55.9 Å². The molecule has 2 aromatic rings. The number of alkyl halides is 6. The highest BCUT2D eigenvalue weighted by Gasteiger charge is 2.38. The molecule has 2 rings (SSSR count). The minimum absolute atomic E-state index is 0.181. The molecule has 0 heterocycles. The van der Waals surface area contributed by atoms with Gasteiger partial charge in [-0.15, -0.1) is 0 Å². The summed E-state index contributed by atoms with van der Waals surface area (Å²) in [5.41, 5.74) is -3.73. The number of hydrogen-bond acceptors (Lipinski definition) is 3. The van der Waals surface area contributed by atoms with Crippen molar-refractivity contribution in [3.63, 3.8) is 0 Å². The lowest BCUT2D eigenvalue weighted by Crippen LogP contribution is -2.10. The largest absolute Gasteiger partial charge is 0.495 e. The Hall–Kier alpha value is -2.07. The van der Waals surface area contributed by atoms with Crippen molar-refractivity contribution in [1.29, 1.82) is 0 Å². The average Bonchev–Trinajstić information content (AvgIpc) is 2.72. The van der Waals surface area contributed by atoms with E-state index in [0.29, 0.717) is 12.2 Å². The molecule has 2 aromatic carbocycles. The molecule has 3 nitrogen and oxygen atoms in total. The van der Waals surface area contributed by atoms with Crippen molar-refractivity contribution in [2.24, 2.45) is 0 Å². The van der Waals surface area contributed by atoms with E-state index in [9.17, 15) is 31.1 Å². The monoisotopic (exact) mass is 566 g/mol. The molecule has 0 aliphatic rings. The SMILES string of the molecule is COc1cc(/C=C/C(=O)/C=C/c2cc(OC)c(Cl)c(Cl)c2C(F)(F)F)c(C(F)(F)F)c(Cl)c1Cl. The number of methoxy groups -OCH3 is 2. The molecule has 0 aliphatic carbocycles. The average molecular weight is 568 g/mol. The third-order valence-electron chi connectivity index (χ3n) is 4.27. The van der Waals surface area contributed by atoms with Crippen LogP contribution in [0.1, 0.15) is 22.3 Å². The van der Waals surface area contributed by atoms with Gasteiger partial charge in [0.25, 0.3) is 0 Å². The number of hydrogen-bond donors (Lipinski definition) is 0. The molecule has 184 valence electrons. The van der Waals surface area contributed by atoms with Gasteiger partial charge in [0.2, 0.25) is 0 Å². The first-order valence-electron chi connectivity index (χ1n) is 8.79. The Morgan fingerprint density at radius 2 is 1.03 bits per heavy atom. The van der Waals surface area contributed by atoms with E-state index in [-0.39, 0.29) is 11.5 Å². The molecule has 0 atom stereocenters. The number of halogens is 10. The summed E-state index contributed by atoms with van der Waals surface area (Å²) in [6, 6.07) is 1.83. The molecular weight excluding hydrogens is 556 g/mol. The Balaban J connectivity index is 2.51. The molecule has 0 saturated carbocycles. The molecule has 0 bridgehead atoms. The van der Waals surface area contributed by atoms with Crippen molar-refractivity contribution in [3.05, 3.63) is 66.6 Å². The highest BCUT2D eigenvalue weighted by Crippen LogP contribution is 2.46. The molecule has 0 N–H and O–H groups in total. The molecule has 13 heteroatoms. The lowest BCUT2D eigenvalue weighted by molar-refractivity contribution is -0.138. The second-order valence-corrected chi connectivity index (χ2v) is 7.92. The second kappa shape index (κ2) is 10.7. The van der Waals surface area contributed by atoms with Gasteiger partial charge in [0.1, 0.15) is 21.5 Å². The lowest BCUT2D eigenvalue weighted by Gasteiger charge is -2.16. The topological polar surface area (TPSA) is 35.5 Å². The number of allylic oxidation sites excluding steroid dienone is 2. The fourth-order valence-electron chi connectivity index (χ4n) is 2.78. The highest BCUT2D eigenvalue weighted by atomic mass is 35.5. The van der Waals surface area contributed by atoms with Crippen LogP contribution in [0.25, 0.3) is 12.2 Å². The number of carbonyl (C=O) groups excluding carboxylic acids is 1. The van der Waals surface area contributed by atoms with Crippen molar-refractivity contribution >= 4 is 64.3 Å². The van der Waals surface area contributed by atoms with E-state index in [2.05, 4.69) is 0 Å². The van der Waals surface area contributed by atoms with Crippen molar-refractivity contribution in [2.75, 3.05) is 14.2 Å². The number of ether oxygens (including phenoxy) is 2. The van der Waals surface area contributed by atoms with Gasteiger partial charge in [-0.25, -0.2) is 0 Å². The zero-order valence-electron chi connectivity index (χ0n) is 17.0. The van der Waals surface area contributed by atoms with Gasteiger partial charge in [0.15, 0.2) is 5.78 Å². The normalized spacial score (nSPS) is 12.6. The molecule has 0 radical (unpaired) electrons. The lowest BCUT2D eigenvalue weighted by atomic mass is 10.0. The van der Waals surface area contributed by atoms with Crippen molar-refractivity contribution < 1.29 is 40.6 Å². The van der Waals surface area contributed by atoms with Gasteiger partial charge in [-0.2, -0.15) is 26.3 Å². The van der Waals surface area contributed by atoms with Crippen LogP contribution in [0.2, 0.25) is 20.1 Å². The van der Waals surface area contributed by atoms with E-state index >= 15 is 0 Å². The third-order valence-corrected chi connectivity index (χ3v) is 5.97. The van der Waals surface area contributed by atoms with E-state index in [1.54, 1.807) is 0 Å². The Bertz CT molecular complexity index is 1080. The van der Waals surface area contributed by atoms with E-state index in [1.807, 2.05) is 0 Å². The fraction of sp³-hybridized carbons (Fsp3) is 0.190. The van der Waals surface area contributed by atoms with Gasteiger partial charge in [-0.05, 0) is 35.4 Å². The maximum absolute atomic E-state index is 13.5. The summed E-state index contributed by atoms with van der Waals surface area (Å²) in [6.45, 7) is 0. The zero-order chi connectivity index (χ0) is 26.0. The maximum Gasteiger partial charge on any atom is 0.418 e. The molecule has 0 amide bonds. The first-order chi connectivity index (χ1) is 15.6. The fourth-order valence-corrected chi connectivity index (χ4v) is 3.85. The molecule has 0 unspecified atom stereocenters. The summed E-state index contributed by atoms with van der Waals surface area (Å²) in [7, 11) is 2.30. The van der Waals surface area contributed by atoms with E-state index < -0.39 is 60.5 Å². The summed E-state index contributed by atoms with van der Waals surface area (Å²) in [5.74, 6) is -1.31. The smallest absolute Gasteiger partial charge is 0.418 e. The summed E-state index contributed by atoms with van der Waals surface area (Å²) >= 11 is 23.0. The maximum atomic E-state index is 13.5. The summed E-state index contributed by atoms with van der Waals surface area (Å²) < 4.78 is 90.5. The molecule has 0 fully saturated rings. The van der Waals surface area contributed by atoms with Crippen LogP contribution in [0.5, 0.6) is 11.5 Å². The zero-order valence-corrected chi connectivity index (χ0v) is 20.0. The van der Waals surface area contributed by atoms with Crippen LogP contribution in [-0.4, -0.2) is 20.0 Å². The van der Waals surface area contributed by atoms with Crippen LogP contribution < -0.4 is 9.47 Å². The van der Waals surface area contributed by atoms with Crippen molar-refractivity contribution in [3.8, 4) is 11.5 Å². The predicted molar refractivity (Wildman–Crippen MR) is 119 cm³/mol. The predicted octanol–water partition coefficient (Wildman–Crippen LogP) is 8.65. The van der Waals surface area contributed by atoms with Crippen LogP contribution >= 0.6 is 46.4 Å². The van der Waals surface area contributed by atoms with Gasteiger partial charge in [-0.3, -0.25) is 4.79 Å². The number of ketones is 1. The van der Waals surface area contributed by atoms with Crippen LogP contribution in [0.3, 0.4) is 0 Å². The van der Waals surface area contributed by atoms with Gasteiger partial charge in [0.05, 0.1) is 35.4 Å². The van der Waals surface area contributed by atoms with Crippen LogP contribution in [-0.2, 0) is 17.1 Å². The number of benzene rings is 2. The summed E-state index contributed by atoms with van der Waals surface area (Å²) in [5, 5.41) is -2.64. The van der Waals surface area contributed by atoms with Crippen LogP contribution in [0.4, 0.5) is 26.3 Å². The number of carbonyl (C=O) groups is 1. The summed E-state index contributed by atoms with van der Waals surface area (Å²) in [6.07, 6.45) is -6.90. The van der Waals surface area contributed by atoms with Crippen LogP contribution in [0, 0.1) is 0 Å². The Kier molecular flexibility index (Phi) is 8.85. The molecule has 0 spiro atoms. The Morgan fingerprint density at radius 3 is 1.29 bits per heavy atom. The number of rotatable bonds is 6. The van der Waals surface area contributed by atoms with Gasteiger partial charge < -0.3 is 9.47 Å². The standard InChI is InChI=1S/C21H12Cl4F6O3/c1-33-12-7-9(14(20(26,27)28)18(24)16(12)22)3-5-11(32)6-4-10-8-13(34-2)17(23)19(25)15(10)21(29,30)31/h3-8H,1-2H3/b5-3+,6-4+. The van der Waals surface area contributed by atoms with Gasteiger partial charge in [-0.1, -0.05) is 58.6 Å². The molecule has 0 saturated heterocycles. The van der Waals surface area contributed by atoms with E-state index in [0.717, 1.165) is 38.5 Å². The van der Waals surface area contributed by atoms with Crippen LogP contribution in [0.15, 0.2) is 24.3 Å². The third kappa shape index (κ3) is 6.13. The van der Waals surface area contributed by atoms with Crippen molar-refractivity contribution in [2.45, 2.75) is 12.4 Å². The first-order valence-corrected chi connectivity index (χ1v) is 10.3. The van der Waals surface area contributed by atoms with Gasteiger partial charge in [0, 0.05) is 0 Å². The molecular formula is C21H12Cl4F6O3. The second-order valence-electron chi connectivity index (χ2n) is 6.41. The molecule has 34 heavy (non-hydrogen) atoms. The first kappa shape index (κ1) is 28.2. The Morgan fingerprint density at radius 1 is 0.706 bits per heavy atom. The van der Waals surface area contributed by atoms with Gasteiger partial charge >= 0.3 is 12.4 Å².